The van der Waals surface area contributed by atoms with Gasteiger partial charge in [-0.25, -0.2) is 4.79 Å². The van der Waals surface area contributed by atoms with Crippen molar-refractivity contribution < 1.29 is 19.7 Å². The molecule has 0 fully saturated rings. The van der Waals surface area contributed by atoms with Gasteiger partial charge in [0, 0.05) is 22.2 Å². The summed E-state index contributed by atoms with van der Waals surface area (Å²) in [6.07, 6.45) is 2.42. The first-order valence-corrected chi connectivity index (χ1v) is 6.55. The quantitative estimate of drug-likeness (QED) is 0.826. The van der Waals surface area contributed by atoms with Crippen LogP contribution < -0.4 is 4.74 Å². The molecule has 0 unspecified atom stereocenters. The van der Waals surface area contributed by atoms with Gasteiger partial charge in [-0.2, -0.15) is 0 Å². The van der Waals surface area contributed by atoms with Gasteiger partial charge >= 0.3 is 5.97 Å². The normalized spacial score (nSPS) is 10.8. The molecule has 0 saturated heterocycles. The Kier molecular flexibility index (Phi) is 4.98. The van der Waals surface area contributed by atoms with Gasteiger partial charge in [-0.1, -0.05) is 29.8 Å². The average Bonchev–Trinajstić information content (AvgIpc) is 2.48. The second kappa shape index (κ2) is 6.92. The van der Waals surface area contributed by atoms with Crippen LogP contribution in [0.25, 0.3) is 6.08 Å². The van der Waals surface area contributed by atoms with Crippen molar-refractivity contribution >= 4 is 23.6 Å². The number of rotatable bonds is 5. The van der Waals surface area contributed by atoms with Gasteiger partial charge in [-0.15, -0.1) is 0 Å². The third-order valence-corrected chi connectivity index (χ3v) is 2.98. The Morgan fingerprint density at radius 2 is 1.95 bits per heavy atom. The van der Waals surface area contributed by atoms with Crippen LogP contribution in [-0.2, 0) is 11.4 Å². The molecular formula is C16H13ClO4. The summed E-state index contributed by atoms with van der Waals surface area (Å²) in [5.74, 6) is -0.0956. The molecule has 0 aliphatic carbocycles. The maximum atomic E-state index is 10.6. The highest BCUT2D eigenvalue weighted by Gasteiger charge is 2.07. The van der Waals surface area contributed by atoms with Gasteiger partial charge in [0.1, 0.15) is 11.5 Å². The van der Waals surface area contributed by atoms with Crippen molar-refractivity contribution in [3.05, 3.63) is 64.7 Å². The lowest BCUT2D eigenvalue weighted by molar-refractivity contribution is -0.131. The fourth-order valence-corrected chi connectivity index (χ4v) is 1.94. The van der Waals surface area contributed by atoms with Crippen LogP contribution in [0, 0.1) is 0 Å². The number of para-hydroxylation sites is 1. The summed E-state index contributed by atoms with van der Waals surface area (Å²) in [4.78, 5) is 10.6. The van der Waals surface area contributed by atoms with Gasteiger partial charge in [0.15, 0.2) is 0 Å². The molecule has 4 nitrogen and oxygen atoms in total. The maximum absolute atomic E-state index is 10.6. The highest BCUT2D eigenvalue weighted by molar-refractivity contribution is 6.30. The minimum Gasteiger partial charge on any atom is -0.478 e. The van der Waals surface area contributed by atoms with Gasteiger partial charge in [0.2, 0.25) is 0 Å². The minimum atomic E-state index is -1.06. The average molecular weight is 305 g/mol. The van der Waals surface area contributed by atoms with Crippen molar-refractivity contribution in [2.24, 2.45) is 0 Å². The number of benzene rings is 2. The standard InChI is InChI=1S/C16H13ClO4/c17-13-6-7-15(11(9-13)5-8-16(19)20)21-14-4-2-1-3-12(14)10-18/h1-9,18H,10H2,(H,19,20)/b8-5+. The van der Waals surface area contributed by atoms with Crippen molar-refractivity contribution in [3.63, 3.8) is 0 Å². The van der Waals surface area contributed by atoms with Crippen molar-refractivity contribution in [2.45, 2.75) is 6.61 Å². The molecular weight excluding hydrogens is 292 g/mol. The molecule has 0 aromatic heterocycles. The van der Waals surface area contributed by atoms with E-state index in [0.29, 0.717) is 27.6 Å². The van der Waals surface area contributed by atoms with Crippen LogP contribution in [0.1, 0.15) is 11.1 Å². The summed E-state index contributed by atoms with van der Waals surface area (Å²) in [7, 11) is 0. The van der Waals surface area contributed by atoms with E-state index in [1.54, 1.807) is 42.5 Å². The molecule has 0 aliphatic heterocycles. The summed E-state index contributed by atoms with van der Waals surface area (Å²) >= 11 is 5.92. The van der Waals surface area contributed by atoms with E-state index in [4.69, 9.17) is 21.4 Å². The van der Waals surface area contributed by atoms with E-state index in [9.17, 15) is 9.90 Å². The largest absolute Gasteiger partial charge is 0.478 e. The third-order valence-electron chi connectivity index (χ3n) is 2.74. The number of carboxylic acid groups (broad SMARTS) is 1. The molecule has 2 rings (SSSR count). The van der Waals surface area contributed by atoms with Crippen LogP contribution in [0.2, 0.25) is 5.02 Å². The van der Waals surface area contributed by atoms with Gasteiger partial charge in [-0.3, -0.25) is 0 Å². The Morgan fingerprint density at radius 3 is 2.67 bits per heavy atom. The zero-order chi connectivity index (χ0) is 15.2. The lowest BCUT2D eigenvalue weighted by Crippen LogP contribution is -1.93. The third kappa shape index (κ3) is 4.08. The molecule has 0 radical (unpaired) electrons. The fourth-order valence-electron chi connectivity index (χ4n) is 1.76. The number of hydrogen-bond donors (Lipinski definition) is 2. The molecule has 0 bridgehead atoms. The molecule has 0 heterocycles. The molecule has 108 valence electrons. The van der Waals surface area contributed by atoms with E-state index in [1.807, 2.05) is 0 Å². The summed E-state index contributed by atoms with van der Waals surface area (Å²) in [5, 5.41) is 18.5. The number of ether oxygens (including phenoxy) is 1. The zero-order valence-corrected chi connectivity index (χ0v) is 11.7. The van der Waals surface area contributed by atoms with E-state index in [0.717, 1.165) is 6.08 Å². The molecule has 0 saturated carbocycles. The Bertz CT molecular complexity index is 680. The lowest BCUT2D eigenvalue weighted by Gasteiger charge is -2.12. The fraction of sp³-hybridized carbons (Fsp3) is 0.0625. The second-order valence-corrected chi connectivity index (χ2v) is 4.66. The predicted molar refractivity (Wildman–Crippen MR) is 80.6 cm³/mol. The van der Waals surface area contributed by atoms with Gasteiger partial charge in [0.05, 0.1) is 6.61 Å². The molecule has 5 heteroatoms. The molecule has 0 atom stereocenters. The van der Waals surface area contributed by atoms with Gasteiger partial charge < -0.3 is 14.9 Å². The van der Waals surface area contributed by atoms with Crippen LogP contribution >= 0.6 is 11.6 Å². The Balaban J connectivity index is 2.37. The van der Waals surface area contributed by atoms with Crippen molar-refractivity contribution in [1.29, 1.82) is 0 Å². The number of halogens is 1. The Hall–Kier alpha value is -2.30. The van der Waals surface area contributed by atoms with Crippen LogP contribution in [0.4, 0.5) is 0 Å². The van der Waals surface area contributed by atoms with E-state index < -0.39 is 5.97 Å². The van der Waals surface area contributed by atoms with E-state index in [2.05, 4.69) is 0 Å². The topological polar surface area (TPSA) is 66.8 Å². The van der Waals surface area contributed by atoms with Crippen molar-refractivity contribution in [1.82, 2.24) is 0 Å². The van der Waals surface area contributed by atoms with Crippen LogP contribution in [0.5, 0.6) is 11.5 Å². The zero-order valence-electron chi connectivity index (χ0n) is 11.0. The van der Waals surface area contributed by atoms with E-state index >= 15 is 0 Å². The van der Waals surface area contributed by atoms with Crippen LogP contribution in [-0.4, -0.2) is 16.2 Å². The molecule has 2 aromatic rings. The first-order valence-electron chi connectivity index (χ1n) is 6.17. The first kappa shape index (κ1) is 15.1. The number of hydrogen-bond acceptors (Lipinski definition) is 3. The van der Waals surface area contributed by atoms with E-state index in [1.165, 1.54) is 6.08 Å². The van der Waals surface area contributed by atoms with Crippen molar-refractivity contribution in [2.75, 3.05) is 0 Å². The number of aliphatic hydroxyl groups is 1. The minimum absolute atomic E-state index is 0.149. The number of aliphatic hydroxyl groups excluding tert-OH is 1. The summed E-state index contributed by atoms with van der Waals surface area (Å²) in [6.45, 7) is -0.149. The van der Waals surface area contributed by atoms with E-state index in [-0.39, 0.29) is 6.61 Å². The van der Waals surface area contributed by atoms with Crippen LogP contribution in [0.3, 0.4) is 0 Å². The monoisotopic (exact) mass is 304 g/mol. The Labute approximate surface area is 126 Å². The maximum Gasteiger partial charge on any atom is 0.328 e. The number of carboxylic acids is 1. The Morgan fingerprint density at radius 1 is 1.19 bits per heavy atom. The van der Waals surface area contributed by atoms with Gasteiger partial charge in [0.25, 0.3) is 0 Å². The molecule has 0 aliphatic rings. The highest BCUT2D eigenvalue weighted by Crippen LogP contribution is 2.30. The SMILES string of the molecule is O=C(O)/C=C/c1cc(Cl)ccc1Oc1ccccc1CO. The lowest BCUT2D eigenvalue weighted by atomic mass is 10.1. The van der Waals surface area contributed by atoms with Gasteiger partial charge in [-0.05, 0) is 30.3 Å². The summed E-state index contributed by atoms with van der Waals surface area (Å²) in [6, 6.07) is 12.0. The van der Waals surface area contributed by atoms with Crippen molar-refractivity contribution in [3.8, 4) is 11.5 Å². The smallest absolute Gasteiger partial charge is 0.328 e. The highest BCUT2D eigenvalue weighted by atomic mass is 35.5. The molecule has 0 amide bonds. The predicted octanol–water partition coefficient (Wildman–Crippen LogP) is 3.72. The molecule has 21 heavy (non-hydrogen) atoms. The molecule has 2 aromatic carbocycles. The summed E-state index contributed by atoms with van der Waals surface area (Å²) in [5.41, 5.74) is 1.18. The molecule has 0 spiro atoms. The van der Waals surface area contributed by atoms with Crippen LogP contribution in [0.15, 0.2) is 48.5 Å². The number of carbonyl (C=O) groups is 1. The molecule has 2 N–H and O–H groups in total. The summed E-state index contributed by atoms with van der Waals surface area (Å²) < 4.78 is 5.76. The number of aliphatic carboxylic acids is 1. The second-order valence-electron chi connectivity index (χ2n) is 4.22. The first-order chi connectivity index (χ1) is 10.1.